The first-order chi connectivity index (χ1) is 12.6. The van der Waals surface area contributed by atoms with Crippen LogP contribution in [-0.2, 0) is 13.1 Å². The molecule has 2 N–H and O–H groups in total. The molecule has 2 aliphatic heterocycles. The molecular weight excluding hydrogens is 348 g/mol. The molecule has 0 aromatic heterocycles. The van der Waals surface area contributed by atoms with Crippen LogP contribution < -0.4 is 20.4 Å². The van der Waals surface area contributed by atoms with Crippen molar-refractivity contribution in [2.24, 2.45) is 0 Å². The van der Waals surface area contributed by atoms with Gasteiger partial charge in [-0.3, -0.25) is 4.90 Å². The zero-order valence-corrected chi connectivity index (χ0v) is 15.6. The predicted molar refractivity (Wildman–Crippen MR) is 106 cm³/mol. The number of benzene rings is 2. The number of anilines is 2. The number of urea groups is 1. The highest BCUT2D eigenvalue weighted by molar-refractivity contribution is 6.31. The van der Waals surface area contributed by atoms with E-state index in [-0.39, 0.29) is 6.03 Å². The number of nitrogens with zero attached hydrogens (tertiary/aromatic N) is 2. The third kappa shape index (κ3) is 3.24. The van der Waals surface area contributed by atoms with Crippen LogP contribution in [0.3, 0.4) is 0 Å². The van der Waals surface area contributed by atoms with Crippen molar-refractivity contribution in [3.05, 3.63) is 58.1 Å². The quantitative estimate of drug-likeness (QED) is 0.871. The van der Waals surface area contributed by atoms with Gasteiger partial charge < -0.3 is 15.5 Å². The second-order valence-electron chi connectivity index (χ2n) is 6.86. The number of piperazine rings is 1. The number of rotatable bonds is 3. The summed E-state index contributed by atoms with van der Waals surface area (Å²) in [6.07, 6.45) is 0. The van der Waals surface area contributed by atoms with E-state index in [0.717, 1.165) is 43.0 Å². The largest absolute Gasteiger partial charge is 0.369 e. The van der Waals surface area contributed by atoms with Gasteiger partial charge in [0.15, 0.2) is 0 Å². The number of hydrogen-bond donors (Lipinski definition) is 2. The average Bonchev–Trinajstić information content (AvgIpc) is 2.66. The standard InChI is InChI=1S/C20H23ClN4O/c1-14-10-18(24-8-6-22-7-9-24)16-12-23-20(26)25(19(16)11-14)13-15-4-2-3-5-17(15)21/h2-5,10-11,22H,6-9,12-13H2,1H3,(H,23,26). The predicted octanol–water partition coefficient (Wildman–Crippen LogP) is 3.29. The molecule has 0 saturated carbocycles. The molecule has 0 spiro atoms. The number of carbonyl (C=O) groups is 1. The zero-order valence-electron chi connectivity index (χ0n) is 14.9. The van der Waals surface area contributed by atoms with Crippen LogP contribution in [-0.4, -0.2) is 32.2 Å². The first kappa shape index (κ1) is 17.2. The molecule has 4 rings (SSSR count). The minimum absolute atomic E-state index is 0.0747. The molecule has 2 heterocycles. The lowest BCUT2D eigenvalue weighted by Crippen LogP contribution is -2.47. The summed E-state index contributed by atoms with van der Waals surface area (Å²) in [5.41, 5.74) is 5.51. The van der Waals surface area contributed by atoms with Gasteiger partial charge >= 0.3 is 6.03 Å². The van der Waals surface area contributed by atoms with Gasteiger partial charge in [0.25, 0.3) is 0 Å². The molecule has 0 radical (unpaired) electrons. The van der Waals surface area contributed by atoms with Crippen LogP contribution in [0.1, 0.15) is 16.7 Å². The summed E-state index contributed by atoms with van der Waals surface area (Å²) in [7, 11) is 0. The molecule has 2 amide bonds. The third-order valence-electron chi connectivity index (χ3n) is 5.04. The second kappa shape index (κ2) is 7.17. The Morgan fingerprint density at radius 1 is 1.12 bits per heavy atom. The smallest absolute Gasteiger partial charge is 0.322 e. The summed E-state index contributed by atoms with van der Waals surface area (Å²) in [6, 6.07) is 12.0. The highest BCUT2D eigenvalue weighted by atomic mass is 35.5. The van der Waals surface area contributed by atoms with Crippen molar-refractivity contribution >= 4 is 29.0 Å². The molecule has 1 fully saturated rings. The van der Waals surface area contributed by atoms with Gasteiger partial charge in [0.2, 0.25) is 0 Å². The highest BCUT2D eigenvalue weighted by Crippen LogP contribution is 2.36. The van der Waals surface area contributed by atoms with Crippen molar-refractivity contribution < 1.29 is 4.79 Å². The van der Waals surface area contributed by atoms with Crippen LogP contribution in [0.2, 0.25) is 5.02 Å². The van der Waals surface area contributed by atoms with E-state index in [1.165, 1.54) is 11.3 Å². The van der Waals surface area contributed by atoms with Crippen molar-refractivity contribution in [1.29, 1.82) is 0 Å². The lowest BCUT2D eigenvalue weighted by atomic mass is 10.0. The number of amides is 2. The normalized spacial score (nSPS) is 17.1. The Morgan fingerprint density at radius 3 is 2.62 bits per heavy atom. The number of fused-ring (bicyclic) bond motifs is 1. The Balaban J connectivity index is 1.74. The summed E-state index contributed by atoms with van der Waals surface area (Å²) in [5, 5.41) is 7.11. The Labute approximate surface area is 158 Å². The molecule has 136 valence electrons. The molecule has 1 saturated heterocycles. The average molecular weight is 371 g/mol. The lowest BCUT2D eigenvalue weighted by Gasteiger charge is -2.36. The van der Waals surface area contributed by atoms with Crippen molar-refractivity contribution in [2.75, 3.05) is 36.0 Å². The minimum atomic E-state index is -0.0747. The molecule has 0 aliphatic carbocycles. The van der Waals surface area contributed by atoms with Gasteiger partial charge in [-0.15, -0.1) is 0 Å². The van der Waals surface area contributed by atoms with Crippen LogP contribution in [0, 0.1) is 6.92 Å². The highest BCUT2D eigenvalue weighted by Gasteiger charge is 2.28. The molecular formula is C20H23ClN4O. The van der Waals surface area contributed by atoms with E-state index >= 15 is 0 Å². The van der Waals surface area contributed by atoms with Gasteiger partial charge in [-0.25, -0.2) is 4.79 Å². The van der Waals surface area contributed by atoms with Crippen molar-refractivity contribution in [1.82, 2.24) is 10.6 Å². The molecule has 26 heavy (non-hydrogen) atoms. The third-order valence-corrected chi connectivity index (χ3v) is 5.41. The Morgan fingerprint density at radius 2 is 1.85 bits per heavy atom. The molecule has 2 aromatic carbocycles. The van der Waals surface area contributed by atoms with Gasteiger partial charge in [-0.1, -0.05) is 29.8 Å². The zero-order chi connectivity index (χ0) is 18.1. The van der Waals surface area contributed by atoms with E-state index in [0.29, 0.717) is 18.1 Å². The maximum Gasteiger partial charge on any atom is 0.322 e. The molecule has 0 atom stereocenters. The number of hydrogen-bond acceptors (Lipinski definition) is 3. The topological polar surface area (TPSA) is 47.6 Å². The first-order valence-corrected chi connectivity index (χ1v) is 9.39. The molecule has 2 aromatic rings. The lowest BCUT2D eigenvalue weighted by molar-refractivity contribution is 0.244. The van der Waals surface area contributed by atoms with Gasteiger partial charge in [-0.05, 0) is 36.2 Å². The van der Waals surface area contributed by atoms with Crippen LogP contribution in [0.15, 0.2) is 36.4 Å². The Bertz CT molecular complexity index is 833. The van der Waals surface area contributed by atoms with Crippen LogP contribution in [0.25, 0.3) is 0 Å². The number of aryl methyl sites for hydroxylation is 1. The number of nitrogens with one attached hydrogen (secondary N) is 2. The van der Waals surface area contributed by atoms with E-state index < -0.39 is 0 Å². The monoisotopic (exact) mass is 370 g/mol. The van der Waals surface area contributed by atoms with Gasteiger partial charge in [-0.2, -0.15) is 0 Å². The molecule has 6 heteroatoms. The number of halogens is 1. The van der Waals surface area contributed by atoms with Crippen molar-refractivity contribution in [2.45, 2.75) is 20.0 Å². The van der Waals surface area contributed by atoms with Gasteiger partial charge in [0.05, 0.1) is 12.2 Å². The summed E-state index contributed by atoms with van der Waals surface area (Å²) in [6.45, 7) is 7.04. The molecule has 2 aliphatic rings. The van der Waals surface area contributed by atoms with E-state index in [4.69, 9.17) is 11.6 Å². The molecule has 0 bridgehead atoms. The SMILES string of the molecule is Cc1cc(N2CCNCC2)c2c(c1)N(Cc1ccccc1Cl)C(=O)NC2. The van der Waals surface area contributed by atoms with Crippen molar-refractivity contribution in [3.63, 3.8) is 0 Å². The van der Waals surface area contributed by atoms with Crippen LogP contribution in [0.5, 0.6) is 0 Å². The summed E-state index contributed by atoms with van der Waals surface area (Å²) in [4.78, 5) is 16.8. The fourth-order valence-electron chi connectivity index (χ4n) is 3.71. The fraction of sp³-hybridized carbons (Fsp3) is 0.350. The summed E-state index contributed by atoms with van der Waals surface area (Å²) >= 11 is 6.33. The van der Waals surface area contributed by atoms with E-state index in [1.54, 1.807) is 4.90 Å². The van der Waals surface area contributed by atoms with Crippen molar-refractivity contribution in [3.8, 4) is 0 Å². The molecule has 5 nitrogen and oxygen atoms in total. The van der Waals surface area contributed by atoms with Gasteiger partial charge in [0.1, 0.15) is 0 Å². The Kier molecular flexibility index (Phi) is 4.74. The molecule has 0 unspecified atom stereocenters. The van der Waals surface area contributed by atoms with E-state index in [1.807, 2.05) is 24.3 Å². The maximum atomic E-state index is 12.6. The van der Waals surface area contributed by atoms with Crippen LogP contribution >= 0.6 is 11.6 Å². The first-order valence-electron chi connectivity index (χ1n) is 9.01. The van der Waals surface area contributed by atoms with E-state index in [2.05, 4.69) is 34.6 Å². The maximum absolute atomic E-state index is 12.6. The van der Waals surface area contributed by atoms with Gasteiger partial charge in [0, 0.05) is 49.0 Å². The fourth-order valence-corrected chi connectivity index (χ4v) is 3.91. The second-order valence-corrected chi connectivity index (χ2v) is 7.26. The summed E-state index contributed by atoms with van der Waals surface area (Å²) in [5.74, 6) is 0. The number of carbonyl (C=O) groups excluding carboxylic acids is 1. The minimum Gasteiger partial charge on any atom is -0.369 e. The van der Waals surface area contributed by atoms with Crippen LogP contribution in [0.4, 0.5) is 16.2 Å². The Hall–Kier alpha value is -2.24. The summed E-state index contributed by atoms with van der Waals surface area (Å²) < 4.78 is 0. The van der Waals surface area contributed by atoms with E-state index in [9.17, 15) is 4.79 Å².